The van der Waals surface area contributed by atoms with Gasteiger partial charge in [-0.1, -0.05) is 6.92 Å². The highest BCUT2D eigenvalue weighted by Gasteiger charge is 2.25. The molecule has 1 aliphatic heterocycles. The first-order chi connectivity index (χ1) is 14.7. The fourth-order valence-corrected chi connectivity index (χ4v) is 5.04. The number of amides is 1. The Bertz CT molecular complexity index is 1040. The van der Waals surface area contributed by atoms with E-state index in [0.29, 0.717) is 12.5 Å². The van der Waals surface area contributed by atoms with Crippen molar-refractivity contribution < 1.29 is 22.0 Å². The summed E-state index contributed by atoms with van der Waals surface area (Å²) in [5, 5.41) is 2.68. The fraction of sp³-hybridized carbons (Fsp3) is 0.409. The Hall–Kier alpha value is -2.52. The Morgan fingerprint density at radius 1 is 1.03 bits per heavy atom. The number of likely N-dealkylation sites (N-methyl/N-ethyl adjacent to an activating group) is 1. The normalized spacial score (nSPS) is 15.5. The zero-order valence-electron chi connectivity index (χ0n) is 17.7. The molecular weight excluding hydrogens is 424 g/mol. The second-order valence-electron chi connectivity index (χ2n) is 7.73. The number of sulfone groups is 1. The second-order valence-corrected chi connectivity index (χ2v) is 9.65. The van der Waals surface area contributed by atoms with Gasteiger partial charge in [-0.3, -0.25) is 4.79 Å². The Morgan fingerprint density at radius 3 is 2.42 bits per heavy atom. The van der Waals surface area contributed by atoms with Crippen LogP contribution in [0.25, 0.3) is 0 Å². The van der Waals surface area contributed by atoms with Gasteiger partial charge in [0.15, 0.2) is 0 Å². The maximum atomic E-state index is 13.7. The molecule has 6 nitrogen and oxygen atoms in total. The van der Waals surface area contributed by atoms with Crippen molar-refractivity contribution in [1.29, 1.82) is 0 Å². The largest absolute Gasteiger partial charge is 0.370 e. The summed E-state index contributed by atoms with van der Waals surface area (Å²) < 4.78 is 53.7. The van der Waals surface area contributed by atoms with Gasteiger partial charge >= 0.3 is 0 Å². The van der Waals surface area contributed by atoms with E-state index in [1.54, 1.807) is 12.1 Å². The third-order valence-corrected chi connectivity index (χ3v) is 7.03. The van der Waals surface area contributed by atoms with E-state index in [9.17, 15) is 22.0 Å². The molecule has 1 heterocycles. The maximum Gasteiger partial charge on any atom is 0.224 e. The van der Waals surface area contributed by atoms with Crippen LogP contribution in [0.5, 0.6) is 0 Å². The SMILES string of the molecule is CCCC(=O)Nc1cc(N2CCCN(C)CC2)ccc1S(=O)(=O)c1cc(F)cc(F)c1. The average Bonchev–Trinajstić information content (AvgIpc) is 2.91. The zero-order valence-corrected chi connectivity index (χ0v) is 18.5. The minimum atomic E-state index is -4.26. The van der Waals surface area contributed by atoms with Crippen LogP contribution in [0, 0.1) is 11.6 Å². The lowest BCUT2D eigenvalue weighted by atomic mass is 10.2. The van der Waals surface area contributed by atoms with Crippen molar-refractivity contribution >= 4 is 27.1 Å². The summed E-state index contributed by atoms with van der Waals surface area (Å²) in [5.41, 5.74) is 0.893. The van der Waals surface area contributed by atoms with E-state index in [4.69, 9.17) is 0 Å². The molecule has 2 aromatic carbocycles. The molecule has 0 unspecified atom stereocenters. The van der Waals surface area contributed by atoms with Crippen molar-refractivity contribution in [2.75, 3.05) is 43.4 Å². The Balaban J connectivity index is 2.05. The number of carbonyl (C=O) groups is 1. The lowest BCUT2D eigenvalue weighted by Gasteiger charge is -2.24. The van der Waals surface area contributed by atoms with Gasteiger partial charge in [0.1, 0.15) is 11.6 Å². The van der Waals surface area contributed by atoms with E-state index in [-0.39, 0.29) is 22.9 Å². The summed E-state index contributed by atoms with van der Waals surface area (Å²) in [7, 11) is -2.21. The van der Waals surface area contributed by atoms with E-state index in [1.807, 2.05) is 14.0 Å². The Morgan fingerprint density at radius 2 is 1.74 bits per heavy atom. The van der Waals surface area contributed by atoms with Crippen LogP contribution in [0.3, 0.4) is 0 Å². The van der Waals surface area contributed by atoms with E-state index in [0.717, 1.165) is 50.4 Å². The number of benzene rings is 2. The van der Waals surface area contributed by atoms with Gasteiger partial charge in [-0.25, -0.2) is 17.2 Å². The van der Waals surface area contributed by atoms with Crippen molar-refractivity contribution in [3.8, 4) is 0 Å². The van der Waals surface area contributed by atoms with Crippen molar-refractivity contribution in [1.82, 2.24) is 4.90 Å². The lowest BCUT2D eigenvalue weighted by molar-refractivity contribution is -0.116. The minimum absolute atomic E-state index is 0.109. The summed E-state index contributed by atoms with van der Waals surface area (Å²) in [4.78, 5) is 15.9. The van der Waals surface area contributed by atoms with E-state index >= 15 is 0 Å². The first-order valence-electron chi connectivity index (χ1n) is 10.3. The van der Waals surface area contributed by atoms with Crippen molar-refractivity contribution in [3.63, 3.8) is 0 Å². The average molecular weight is 452 g/mol. The van der Waals surface area contributed by atoms with Gasteiger partial charge in [0.2, 0.25) is 15.7 Å². The van der Waals surface area contributed by atoms with Crippen LogP contribution in [-0.2, 0) is 14.6 Å². The predicted molar refractivity (Wildman–Crippen MR) is 116 cm³/mol. The van der Waals surface area contributed by atoms with Crippen LogP contribution >= 0.6 is 0 Å². The summed E-state index contributed by atoms with van der Waals surface area (Å²) in [6.45, 7) is 5.24. The third kappa shape index (κ3) is 5.59. The van der Waals surface area contributed by atoms with Gasteiger partial charge in [0.25, 0.3) is 0 Å². The maximum absolute atomic E-state index is 13.7. The Kier molecular flexibility index (Phi) is 7.27. The molecule has 0 atom stereocenters. The number of anilines is 2. The van der Waals surface area contributed by atoms with Gasteiger partial charge in [0, 0.05) is 37.8 Å². The lowest BCUT2D eigenvalue weighted by Crippen LogP contribution is -2.29. The molecule has 9 heteroatoms. The number of nitrogens with zero attached hydrogens (tertiary/aromatic N) is 2. The van der Waals surface area contributed by atoms with Gasteiger partial charge in [-0.05, 0) is 56.8 Å². The molecule has 0 bridgehead atoms. The summed E-state index contributed by atoms with van der Waals surface area (Å²) in [6.07, 6.45) is 1.78. The van der Waals surface area contributed by atoms with Crippen LogP contribution in [0.4, 0.5) is 20.2 Å². The zero-order chi connectivity index (χ0) is 22.6. The first-order valence-corrected chi connectivity index (χ1v) is 11.8. The molecule has 1 aliphatic rings. The summed E-state index contributed by atoms with van der Waals surface area (Å²) >= 11 is 0. The molecule has 0 radical (unpaired) electrons. The highest BCUT2D eigenvalue weighted by atomic mass is 32.2. The fourth-order valence-electron chi connectivity index (χ4n) is 3.60. The minimum Gasteiger partial charge on any atom is -0.370 e. The van der Waals surface area contributed by atoms with Gasteiger partial charge in [-0.15, -0.1) is 0 Å². The topological polar surface area (TPSA) is 69.7 Å². The number of rotatable bonds is 6. The molecule has 0 aliphatic carbocycles. The quantitative estimate of drug-likeness (QED) is 0.726. The van der Waals surface area contributed by atoms with Gasteiger partial charge < -0.3 is 15.1 Å². The van der Waals surface area contributed by atoms with Gasteiger partial charge in [0.05, 0.1) is 15.5 Å². The standard InChI is InChI=1S/C22H27F2N3O3S/c1-3-5-22(28)25-20-15-18(27-9-4-8-26(2)10-11-27)6-7-21(20)31(29,30)19-13-16(23)12-17(24)14-19/h6-7,12-15H,3-5,8-11H2,1-2H3,(H,25,28). The van der Waals surface area contributed by atoms with Crippen LogP contribution in [0.15, 0.2) is 46.2 Å². The van der Waals surface area contributed by atoms with E-state index < -0.39 is 26.4 Å². The molecule has 1 N–H and O–H groups in total. The second kappa shape index (κ2) is 9.74. The van der Waals surface area contributed by atoms with Crippen molar-refractivity contribution in [2.24, 2.45) is 0 Å². The van der Waals surface area contributed by atoms with E-state index in [1.165, 1.54) is 6.07 Å². The molecule has 1 amide bonds. The van der Waals surface area contributed by atoms with E-state index in [2.05, 4.69) is 15.1 Å². The Labute approximate surface area is 181 Å². The molecule has 0 aromatic heterocycles. The van der Waals surface area contributed by atoms with Crippen LogP contribution < -0.4 is 10.2 Å². The highest BCUT2D eigenvalue weighted by Crippen LogP contribution is 2.32. The predicted octanol–water partition coefficient (Wildman–Crippen LogP) is 3.68. The highest BCUT2D eigenvalue weighted by molar-refractivity contribution is 7.91. The van der Waals surface area contributed by atoms with Crippen LogP contribution in [-0.4, -0.2) is 52.5 Å². The molecule has 1 saturated heterocycles. The van der Waals surface area contributed by atoms with Crippen LogP contribution in [0.2, 0.25) is 0 Å². The molecule has 0 spiro atoms. The molecule has 31 heavy (non-hydrogen) atoms. The summed E-state index contributed by atoms with van der Waals surface area (Å²) in [6, 6.07) is 6.85. The number of nitrogens with one attached hydrogen (secondary N) is 1. The third-order valence-electron chi connectivity index (χ3n) is 5.23. The first kappa shape index (κ1) is 23.1. The molecule has 168 valence electrons. The molecule has 0 saturated carbocycles. The molecule has 3 rings (SSSR count). The molecule has 2 aromatic rings. The number of hydrogen-bond acceptors (Lipinski definition) is 5. The molecular formula is C22H27F2N3O3S. The number of halogens is 2. The van der Waals surface area contributed by atoms with Crippen molar-refractivity contribution in [3.05, 3.63) is 48.0 Å². The number of carbonyl (C=O) groups excluding carboxylic acids is 1. The number of hydrogen-bond donors (Lipinski definition) is 1. The van der Waals surface area contributed by atoms with Crippen molar-refractivity contribution in [2.45, 2.75) is 36.0 Å². The molecule has 1 fully saturated rings. The smallest absolute Gasteiger partial charge is 0.224 e. The summed E-state index contributed by atoms with van der Waals surface area (Å²) in [5.74, 6) is -2.29. The van der Waals surface area contributed by atoms with Crippen LogP contribution in [0.1, 0.15) is 26.2 Å². The monoisotopic (exact) mass is 451 g/mol. The van der Waals surface area contributed by atoms with Gasteiger partial charge in [-0.2, -0.15) is 0 Å².